The Hall–Kier alpha value is -1.52. The number of hydrogen-bond donors (Lipinski definition) is 1. The van der Waals surface area contributed by atoms with E-state index >= 15 is 0 Å². The standard InChI is InChI=1S/C15H17ClFN3/c1-4-14-12(7-9(2)19-20-14)15(18-3)11-6-5-10(16)8-13(11)17/h5-8,15,18H,4H2,1-3H3. The van der Waals surface area contributed by atoms with E-state index < -0.39 is 0 Å². The molecule has 0 aliphatic heterocycles. The summed E-state index contributed by atoms with van der Waals surface area (Å²) in [6.45, 7) is 3.88. The summed E-state index contributed by atoms with van der Waals surface area (Å²) in [5.74, 6) is -0.326. The molecule has 5 heteroatoms. The van der Waals surface area contributed by atoms with Crippen molar-refractivity contribution < 1.29 is 4.39 Å². The lowest BCUT2D eigenvalue weighted by atomic mass is 9.96. The highest BCUT2D eigenvalue weighted by Gasteiger charge is 2.20. The molecule has 106 valence electrons. The molecule has 0 spiro atoms. The maximum absolute atomic E-state index is 14.1. The van der Waals surface area contributed by atoms with Crippen LogP contribution in [0.1, 0.15) is 35.5 Å². The van der Waals surface area contributed by atoms with Crippen molar-refractivity contribution in [3.05, 3.63) is 57.6 Å². The maximum Gasteiger partial charge on any atom is 0.129 e. The zero-order chi connectivity index (χ0) is 14.7. The van der Waals surface area contributed by atoms with Crippen LogP contribution in [-0.2, 0) is 6.42 Å². The summed E-state index contributed by atoms with van der Waals surface area (Å²) < 4.78 is 14.1. The van der Waals surface area contributed by atoms with Gasteiger partial charge >= 0.3 is 0 Å². The molecule has 0 aliphatic rings. The van der Waals surface area contributed by atoms with Gasteiger partial charge in [0, 0.05) is 10.6 Å². The van der Waals surface area contributed by atoms with Crippen LogP contribution < -0.4 is 5.32 Å². The average Bonchev–Trinajstić information content (AvgIpc) is 2.42. The second-order valence-corrected chi connectivity index (χ2v) is 5.07. The summed E-state index contributed by atoms with van der Waals surface area (Å²) in [4.78, 5) is 0. The SMILES string of the molecule is CCc1nnc(C)cc1C(NC)c1ccc(Cl)cc1F. The zero-order valence-electron chi connectivity index (χ0n) is 11.7. The largest absolute Gasteiger partial charge is 0.309 e. The molecule has 1 atom stereocenters. The third-order valence-corrected chi connectivity index (χ3v) is 3.47. The van der Waals surface area contributed by atoms with Crippen molar-refractivity contribution in [2.24, 2.45) is 0 Å². The summed E-state index contributed by atoms with van der Waals surface area (Å²) in [5, 5.41) is 11.8. The quantitative estimate of drug-likeness (QED) is 0.938. The highest BCUT2D eigenvalue weighted by atomic mass is 35.5. The zero-order valence-corrected chi connectivity index (χ0v) is 12.5. The smallest absolute Gasteiger partial charge is 0.129 e. The molecule has 1 unspecified atom stereocenters. The topological polar surface area (TPSA) is 37.8 Å². The van der Waals surface area contributed by atoms with Gasteiger partial charge in [0.25, 0.3) is 0 Å². The lowest BCUT2D eigenvalue weighted by Crippen LogP contribution is -2.21. The van der Waals surface area contributed by atoms with Gasteiger partial charge < -0.3 is 5.32 Å². The molecular formula is C15H17ClFN3. The molecule has 0 saturated heterocycles. The molecule has 20 heavy (non-hydrogen) atoms. The Morgan fingerprint density at radius 3 is 2.60 bits per heavy atom. The lowest BCUT2D eigenvalue weighted by molar-refractivity contribution is 0.572. The van der Waals surface area contributed by atoms with Crippen molar-refractivity contribution in [2.45, 2.75) is 26.3 Å². The summed E-state index contributed by atoms with van der Waals surface area (Å²) in [5.41, 5.74) is 3.18. The van der Waals surface area contributed by atoms with Gasteiger partial charge in [-0.2, -0.15) is 10.2 Å². The van der Waals surface area contributed by atoms with E-state index in [1.807, 2.05) is 19.9 Å². The Morgan fingerprint density at radius 1 is 1.25 bits per heavy atom. The number of rotatable bonds is 4. The Kier molecular flexibility index (Phi) is 4.68. The van der Waals surface area contributed by atoms with Gasteiger partial charge in [-0.05, 0) is 44.2 Å². The number of nitrogens with one attached hydrogen (secondary N) is 1. The third kappa shape index (κ3) is 2.97. The molecule has 0 saturated carbocycles. The third-order valence-electron chi connectivity index (χ3n) is 3.23. The highest BCUT2D eigenvalue weighted by molar-refractivity contribution is 6.30. The molecule has 0 amide bonds. The Morgan fingerprint density at radius 2 is 2.00 bits per heavy atom. The van der Waals surface area contributed by atoms with E-state index in [9.17, 15) is 4.39 Å². The van der Waals surface area contributed by atoms with Crippen LogP contribution in [0.5, 0.6) is 0 Å². The van der Waals surface area contributed by atoms with Crippen LogP contribution in [-0.4, -0.2) is 17.2 Å². The molecule has 1 aromatic heterocycles. The van der Waals surface area contributed by atoms with Crippen LogP contribution in [0.2, 0.25) is 5.02 Å². The fourth-order valence-electron chi connectivity index (χ4n) is 2.27. The van der Waals surface area contributed by atoms with E-state index in [-0.39, 0.29) is 11.9 Å². The van der Waals surface area contributed by atoms with Gasteiger partial charge in [-0.3, -0.25) is 0 Å². The summed E-state index contributed by atoms with van der Waals surface area (Å²) in [7, 11) is 1.80. The predicted octanol–water partition coefficient (Wildman–Crippen LogP) is 3.45. The van der Waals surface area contributed by atoms with Gasteiger partial charge in [-0.15, -0.1) is 0 Å². The van der Waals surface area contributed by atoms with Gasteiger partial charge in [0.05, 0.1) is 17.4 Å². The van der Waals surface area contributed by atoms with E-state index in [2.05, 4.69) is 15.5 Å². The van der Waals surface area contributed by atoms with Crippen molar-refractivity contribution in [3.8, 4) is 0 Å². The summed E-state index contributed by atoms with van der Waals surface area (Å²) in [6.07, 6.45) is 0.746. The first-order valence-electron chi connectivity index (χ1n) is 6.52. The highest BCUT2D eigenvalue weighted by Crippen LogP contribution is 2.28. The van der Waals surface area contributed by atoms with E-state index in [0.717, 1.165) is 23.4 Å². The van der Waals surface area contributed by atoms with E-state index in [0.29, 0.717) is 10.6 Å². The average molecular weight is 294 g/mol. The van der Waals surface area contributed by atoms with Gasteiger partial charge in [0.1, 0.15) is 5.82 Å². The van der Waals surface area contributed by atoms with Crippen molar-refractivity contribution in [1.29, 1.82) is 0 Å². The first-order chi connectivity index (χ1) is 9.56. The van der Waals surface area contributed by atoms with Crippen molar-refractivity contribution >= 4 is 11.6 Å². The second kappa shape index (κ2) is 6.29. The second-order valence-electron chi connectivity index (χ2n) is 4.63. The minimum atomic E-state index is -0.326. The number of halogens is 2. The number of aryl methyl sites for hydroxylation is 2. The van der Waals surface area contributed by atoms with Crippen LogP contribution in [0, 0.1) is 12.7 Å². The van der Waals surface area contributed by atoms with Crippen LogP contribution in [0.25, 0.3) is 0 Å². The van der Waals surface area contributed by atoms with E-state index in [1.165, 1.54) is 6.07 Å². The van der Waals surface area contributed by atoms with Crippen LogP contribution in [0.4, 0.5) is 4.39 Å². The molecule has 1 aromatic carbocycles. The first kappa shape index (κ1) is 14.9. The summed E-state index contributed by atoms with van der Waals surface area (Å²) in [6, 6.07) is 6.40. The maximum atomic E-state index is 14.1. The molecule has 0 fully saturated rings. The van der Waals surface area contributed by atoms with Crippen molar-refractivity contribution in [1.82, 2.24) is 15.5 Å². The molecule has 1 heterocycles. The van der Waals surface area contributed by atoms with E-state index in [4.69, 9.17) is 11.6 Å². The van der Waals surface area contributed by atoms with Crippen LogP contribution in [0.3, 0.4) is 0 Å². The molecule has 0 aliphatic carbocycles. The fraction of sp³-hybridized carbons (Fsp3) is 0.333. The Bertz CT molecular complexity index is 616. The number of aromatic nitrogens is 2. The molecule has 3 nitrogen and oxygen atoms in total. The van der Waals surface area contributed by atoms with Gasteiger partial charge in [0.15, 0.2) is 0 Å². The first-order valence-corrected chi connectivity index (χ1v) is 6.90. The number of hydrogen-bond acceptors (Lipinski definition) is 3. The van der Waals surface area contributed by atoms with Crippen molar-refractivity contribution in [2.75, 3.05) is 7.05 Å². The van der Waals surface area contributed by atoms with E-state index in [1.54, 1.807) is 19.2 Å². The molecule has 1 N–H and O–H groups in total. The molecular weight excluding hydrogens is 277 g/mol. The Balaban J connectivity index is 2.54. The minimum absolute atomic E-state index is 0.267. The monoisotopic (exact) mass is 293 g/mol. The molecule has 2 aromatic rings. The van der Waals surface area contributed by atoms with Crippen LogP contribution >= 0.6 is 11.6 Å². The van der Waals surface area contributed by atoms with Crippen molar-refractivity contribution in [3.63, 3.8) is 0 Å². The fourth-order valence-corrected chi connectivity index (χ4v) is 2.43. The molecule has 0 bridgehead atoms. The lowest BCUT2D eigenvalue weighted by Gasteiger charge is -2.20. The number of nitrogens with zero attached hydrogens (tertiary/aromatic N) is 2. The summed E-state index contributed by atoms with van der Waals surface area (Å²) >= 11 is 5.81. The van der Waals surface area contributed by atoms with Gasteiger partial charge in [-0.25, -0.2) is 4.39 Å². The minimum Gasteiger partial charge on any atom is -0.309 e. The Labute approximate surface area is 123 Å². The molecule has 2 rings (SSSR count). The normalized spacial score (nSPS) is 12.4. The van der Waals surface area contributed by atoms with Gasteiger partial charge in [-0.1, -0.05) is 24.6 Å². The number of benzene rings is 1. The van der Waals surface area contributed by atoms with Gasteiger partial charge in [0.2, 0.25) is 0 Å². The predicted molar refractivity (Wildman–Crippen MR) is 78.5 cm³/mol. The molecule has 0 radical (unpaired) electrons. The van der Waals surface area contributed by atoms with Crippen LogP contribution in [0.15, 0.2) is 24.3 Å².